The van der Waals surface area contributed by atoms with Gasteiger partial charge in [0.2, 0.25) is 0 Å². The Morgan fingerprint density at radius 2 is 1.77 bits per heavy atom. The summed E-state index contributed by atoms with van der Waals surface area (Å²) in [7, 11) is 0. The van der Waals surface area contributed by atoms with Crippen molar-refractivity contribution in [3.8, 4) is 0 Å². The van der Waals surface area contributed by atoms with Crippen LogP contribution in [-0.4, -0.2) is 35.5 Å². The normalized spacial score (nSPS) is 31.6. The fourth-order valence-electron chi connectivity index (χ4n) is 6.68. The van der Waals surface area contributed by atoms with Crippen LogP contribution < -0.4 is 10.6 Å². The highest BCUT2D eigenvalue weighted by Gasteiger charge is 2.55. The second kappa shape index (κ2) is 7.71. The lowest BCUT2D eigenvalue weighted by molar-refractivity contribution is -0.335. The molecule has 4 heterocycles. The van der Waals surface area contributed by atoms with E-state index >= 15 is 0 Å². The maximum Gasteiger partial charge on any atom is 0.193 e. The molecule has 2 fully saturated rings. The highest BCUT2D eigenvalue weighted by molar-refractivity contribution is 5.84. The molecule has 1 spiro atoms. The second-order valence-corrected chi connectivity index (χ2v) is 10.6. The quantitative estimate of drug-likeness (QED) is 0.512. The Balaban J connectivity index is 1.48. The molecular formula is C31H31NO3. The van der Waals surface area contributed by atoms with Gasteiger partial charge in [0.15, 0.2) is 5.79 Å². The lowest BCUT2D eigenvalue weighted by Gasteiger charge is -2.55. The number of hydrogen-bond donors (Lipinski definition) is 0. The number of rotatable bonds is 1. The van der Waals surface area contributed by atoms with E-state index in [0.29, 0.717) is 6.54 Å². The summed E-state index contributed by atoms with van der Waals surface area (Å²) in [6.45, 7) is 7.18. The topological polar surface area (TPSA) is 34.8 Å². The molecule has 35 heavy (non-hydrogen) atoms. The van der Waals surface area contributed by atoms with Crippen LogP contribution in [0.1, 0.15) is 37.8 Å². The standard InChI is InChI=1S/C31H31NO3/c1-19-8-7-11-24-25-12-13-26-28(30(25)33-29(19)24)27-17-23(22-9-5-4-6-10-22)14-15-32(27)18-31(26)34-20(2)16-21(3)35-31/h4-12,14-15,17,20-21,26-27H,13,16,18H2,1-3H3. The molecule has 4 nitrogen and oxygen atoms in total. The van der Waals surface area contributed by atoms with Gasteiger partial charge in [0, 0.05) is 28.3 Å². The lowest BCUT2D eigenvalue weighted by Crippen LogP contribution is -2.65. The molecule has 0 saturated carbocycles. The second-order valence-electron chi connectivity index (χ2n) is 10.6. The summed E-state index contributed by atoms with van der Waals surface area (Å²) in [5, 5.41) is 2.41. The van der Waals surface area contributed by atoms with Crippen LogP contribution in [0.25, 0.3) is 28.2 Å². The third-order valence-electron chi connectivity index (χ3n) is 8.11. The maximum atomic E-state index is 6.73. The summed E-state index contributed by atoms with van der Waals surface area (Å²) in [5.41, 5.74) is 6.90. The van der Waals surface area contributed by atoms with Gasteiger partial charge in [-0.05, 0) is 62.5 Å². The molecule has 2 aromatic carbocycles. The van der Waals surface area contributed by atoms with Gasteiger partial charge in [-0.15, -0.1) is 0 Å². The number of fused-ring (bicyclic) bond motifs is 7. The van der Waals surface area contributed by atoms with Crippen LogP contribution in [0.4, 0.5) is 0 Å². The number of piperidine rings is 1. The molecule has 4 heteroatoms. The Morgan fingerprint density at radius 3 is 2.57 bits per heavy atom. The average Bonchev–Trinajstić information content (AvgIpc) is 3.24. The summed E-state index contributed by atoms with van der Waals surface area (Å²) in [6, 6.07) is 17.2. The molecule has 4 atom stereocenters. The predicted molar refractivity (Wildman–Crippen MR) is 139 cm³/mol. The Bertz CT molecular complexity index is 1490. The van der Waals surface area contributed by atoms with Crippen molar-refractivity contribution in [3.63, 3.8) is 0 Å². The molecule has 0 amide bonds. The van der Waals surface area contributed by atoms with Crippen LogP contribution >= 0.6 is 0 Å². The zero-order valence-electron chi connectivity index (χ0n) is 20.5. The largest absolute Gasteiger partial charge is 0.456 e. The first-order valence-corrected chi connectivity index (χ1v) is 12.8. The third-order valence-corrected chi connectivity index (χ3v) is 8.11. The number of nitrogens with zero attached hydrogens (tertiary/aromatic N) is 1. The van der Waals surface area contributed by atoms with Crippen molar-refractivity contribution >= 4 is 28.2 Å². The SMILES string of the molecule is Cc1cccc2c3c(oc12)=C1C2C=C(c4ccccc4)C=CN2CC2(OC(C)CC(C)O2)C1CC=3. The van der Waals surface area contributed by atoms with Crippen molar-refractivity contribution in [1.29, 1.82) is 0 Å². The molecule has 1 aliphatic carbocycles. The van der Waals surface area contributed by atoms with Crippen LogP contribution in [0.5, 0.6) is 0 Å². The fraction of sp³-hybridized carbons (Fsp3) is 0.355. The monoisotopic (exact) mass is 465 g/mol. The zero-order chi connectivity index (χ0) is 23.7. The highest BCUT2D eigenvalue weighted by Crippen LogP contribution is 2.48. The fourth-order valence-corrected chi connectivity index (χ4v) is 6.68. The van der Waals surface area contributed by atoms with E-state index in [-0.39, 0.29) is 24.2 Å². The Labute approximate surface area is 205 Å². The molecule has 7 rings (SSSR count). The smallest absolute Gasteiger partial charge is 0.193 e. The van der Waals surface area contributed by atoms with Crippen molar-refractivity contribution in [2.45, 2.75) is 57.6 Å². The third kappa shape index (κ3) is 3.20. The van der Waals surface area contributed by atoms with E-state index in [1.54, 1.807) is 0 Å². The summed E-state index contributed by atoms with van der Waals surface area (Å²) >= 11 is 0. The van der Waals surface area contributed by atoms with Crippen molar-refractivity contribution in [2.24, 2.45) is 5.92 Å². The molecule has 1 aromatic heterocycles. The van der Waals surface area contributed by atoms with Crippen molar-refractivity contribution in [3.05, 3.63) is 88.6 Å². The number of furan rings is 1. The number of allylic oxidation sites excluding steroid dienone is 2. The minimum absolute atomic E-state index is 0.0962. The van der Waals surface area contributed by atoms with Crippen LogP contribution in [0, 0.1) is 12.8 Å². The first-order valence-electron chi connectivity index (χ1n) is 12.8. The van der Waals surface area contributed by atoms with Gasteiger partial charge in [-0.2, -0.15) is 0 Å². The lowest BCUT2D eigenvalue weighted by atomic mass is 9.74. The molecule has 4 aliphatic rings. The molecule has 3 aliphatic heterocycles. The zero-order valence-corrected chi connectivity index (χ0v) is 20.5. The van der Waals surface area contributed by atoms with Crippen LogP contribution in [0.15, 0.2) is 71.3 Å². The van der Waals surface area contributed by atoms with Gasteiger partial charge in [-0.1, -0.05) is 54.6 Å². The highest BCUT2D eigenvalue weighted by atomic mass is 16.7. The van der Waals surface area contributed by atoms with Gasteiger partial charge in [0.25, 0.3) is 0 Å². The summed E-state index contributed by atoms with van der Waals surface area (Å²) < 4.78 is 20.2. The number of aryl methyl sites for hydroxylation is 1. The first kappa shape index (κ1) is 21.2. The number of benzene rings is 2. The number of ether oxygens (including phenoxy) is 2. The summed E-state index contributed by atoms with van der Waals surface area (Å²) in [5.74, 6) is -0.588. The Kier molecular flexibility index (Phi) is 4.67. The minimum Gasteiger partial charge on any atom is -0.456 e. The van der Waals surface area contributed by atoms with E-state index < -0.39 is 5.79 Å². The van der Waals surface area contributed by atoms with Crippen LogP contribution in [0.2, 0.25) is 0 Å². The number of hydrogen-bond acceptors (Lipinski definition) is 4. The summed E-state index contributed by atoms with van der Waals surface area (Å²) in [6.07, 6.45) is 11.3. The minimum atomic E-state index is -0.687. The maximum absolute atomic E-state index is 6.73. The van der Waals surface area contributed by atoms with E-state index in [1.807, 2.05) is 0 Å². The van der Waals surface area contributed by atoms with Crippen LogP contribution in [0.3, 0.4) is 0 Å². The first-order chi connectivity index (χ1) is 17.0. The number of para-hydroxylation sites is 1. The van der Waals surface area contributed by atoms with Gasteiger partial charge in [0.1, 0.15) is 11.0 Å². The van der Waals surface area contributed by atoms with Gasteiger partial charge in [-0.3, -0.25) is 0 Å². The van der Waals surface area contributed by atoms with Gasteiger partial charge < -0.3 is 18.8 Å². The Morgan fingerprint density at radius 1 is 0.971 bits per heavy atom. The molecule has 0 radical (unpaired) electrons. The molecule has 0 bridgehead atoms. The van der Waals surface area contributed by atoms with E-state index in [2.05, 4.69) is 98.6 Å². The van der Waals surface area contributed by atoms with E-state index in [9.17, 15) is 0 Å². The molecule has 3 aromatic rings. The van der Waals surface area contributed by atoms with Crippen LogP contribution in [-0.2, 0) is 9.47 Å². The predicted octanol–water partition coefficient (Wildman–Crippen LogP) is 4.90. The molecule has 0 N–H and O–H groups in total. The van der Waals surface area contributed by atoms with Gasteiger partial charge >= 0.3 is 0 Å². The van der Waals surface area contributed by atoms with Crippen molar-refractivity contribution < 1.29 is 13.9 Å². The summed E-state index contributed by atoms with van der Waals surface area (Å²) in [4.78, 5) is 2.39. The molecule has 2 saturated heterocycles. The average molecular weight is 466 g/mol. The molecule has 178 valence electrons. The van der Waals surface area contributed by atoms with E-state index in [0.717, 1.165) is 23.8 Å². The molecule has 4 unspecified atom stereocenters. The van der Waals surface area contributed by atoms with Crippen molar-refractivity contribution in [2.75, 3.05) is 6.54 Å². The van der Waals surface area contributed by atoms with Gasteiger partial charge in [-0.25, -0.2) is 0 Å². The van der Waals surface area contributed by atoms with E-state index in [1.165, 1.54) is 32.9 Å². The Hall–Kier alpha value is -3.08. The van der Waals surface area contributed by atoms with Crippen molar-refractivity contribution in [1.82, 2.24) is 4.90 Å². The van der Waals surface area contributed by atoms with E-state index in [4.69, 9.17) is 13.9 Å². The molecular weight excluding hydrogens is 434 g/mol. The van der Waals surface area contributed by atoms with Gasteiger partial charge in [0.05, 0.1) is 24.8 Å².